The molecule has 7 nitrogen and oxygen atoms in total. The molecule has 2 fully saturated rings. The van der Waals surface area contributed by atoms with Crippen LogP contribution >= 0.6 is 39.1 Å². The van der Waals surface area contributed by atoms with E-state index in [0.29, 0.717) is 28.6 Å². The number of halogens is 3. The molecule has 0 bridgehead atoms. The second-order valence-electron chi connectivity index (χ2n) is 10.9. The topological polar surface area (TPSA) is 60.0 Å². The molecule has 2 unspecified atom stereocenters. The van der Waals surface area contributed by atoms with Gasteiger partial charge in [-0.3, -0.25) is 0 Å². The van der Waals surface area contributed by atoms with Gasteiger partial charge >= 0.3 is 0 Å². The second kappa shape index (κ2) is 13.0. The van der Waals surface area contributed by atoms with Gasteiger partial charge in [-0.05, 0) is 50.2 Å². The molecular formula is C33H33BrCl2N4O3. The second-order valence-corrected chi connectivity index (χ2v) is 12.3. The molecule has 0 N–H and O–H groups in total. The lowest BCUT2D eigenvalue weighted by atomic mass is 10.1. The van der Waals surface area contributed by atoms with E-state index in [1.54, 1.807) is 12.1 Å². The van der Waals surface area contributed by atoms with Crippen LogP contribution in [0, 0.1) is 13.8 Å². The zero-order valence-electron chi connectivity index (χ0n) is 24.1. The summed E-state index contributed by atoms with van der Waals surface area (Å²) < 4.78 is 18.5. The molecule has 0 radical (unpaired) electrons. The van der Waals surface area contributed by atoms with Gasteiger partial charge in [0.15, 0.2) is 0 Å². The number of hydrogen-bond donors (Lipinski definition) is 0. The van der Waals surface area contributed by atoms with E-state index < -0.39 is 5.79 Å². The number of anilines is 2. The number of alkyl halides is 1. The van der Waals surface area contributed by atoms with Crippen LogP contribution in [-0.2, 0) is 15.3 Å². The van der Waals surface area contributed by atoms with E-state index in [9.17, 15) is 0 Å². The number of aromatic nitrogens is 2. The van der Waals surface area contributed by atoms with E-state index in [-0.39, 0.29) is 6.10 Å². The van der Waals surface area contributed by atoms with Crippen molar-refractivity contribution < 1.29 is 14.2 Å². The summed E-state index contributed by atoms with van der Waals surface area (Å²) in [7, 11) is 0. The van der Waals surface area contributed by atoms with E-state index in [2.05, 4.69) is 80.1 Å². The van der Waals surface area contributed by atoms with Crippen molar-refractivity contribution in [3.05, 3.63) is 99.8 Å². The van der Waals surface area contributed by atoms with E-state index in [1.165, 1.54) is 11.3 Å². The van der Waals surface area contributed by atoms with Crippen LogP contribution in [0.3, 0.4) is 0 Å². The van der Waals surface area contributed by atoms with Crippen LogP contribution in [0.15, 0.2) is 72.8 Å². The summed E-state index contributed by atoms with van der Waals surface area (Å²) in [6, 6.07) is 24.1. The highest BCUT2D eigenvalue weighted by Gasteiger charge is 2.44. The van der Waals surface area contributed by atoms with Gasteiger partial charge in [-0.25, -0.2) is 9.97 Å². The van der Waals surface area contributed by atoms with Gasteiger partial charge < -0.3 is 24.0 Å². The van der Waals surface area contributed by atoms with Gasteiger partial charge in [-0.1, -0.05) is 75.0 Å². The Morgan fingerprint density at radius 1 is 0.907 bits per heavy atom. The van der Waals surface area contributed by atoms with E-state index in [4.69, 9.17) is 42.4 Å². The number of piperazine rings is 1. The third kappa shape index (κ3) is 6.79. The summed E-state index contributed by atoms with van der Waals surface area (Å²) in [5.41, 5.74) is 5.21. The number of benzene rings is 3. The lowest BCUT2D eigenvalue weighted by molar-refractivity contribution is -0.159. The van der Waals surface area contributed by atoms with Crippen LogP contribution in [0.1, 0.15) is 17.0 Å². The van der Waals surface area contributed by atoms with Gasteiger partial charge in [-0.2, -0.15) is 0 Å². The normalized spacial score (nSPS) is 20.4. The molecular weight excluding hydrogens is 651 g/mol. The first-order valence-corrected chi connectivity index (χ1v) is 16.2. The van der Waals surface area contributed by atoms with E-state index in [1.807, 2.05) is 25.1 Å². The third-order valence-corrected chi connectivity index (χ3v) is 9.08. The maximum Gasteiger partial charge on any atom is 0.206 e. The van der Waals surface area contributed by atoms with Crippen molar-refractivity contribution in [1.29, 1.82) is 0 Å². The fraction of sp³-hybridized carbons (Fsp3) is 0.333. The fourth-order valence-corrected chi connectivity index (χ4v) is 6.60. The molecule has 2 saturated heterocycles. The van der Waals surface area contributed by atoms with E-state index >= 15 is 0 Å². The van der Waals surface area contributed by atoms with Gasteiger partial charge in [0, 0.05) is 54.1 Å². The monoisotopic (exact) mass is 682 g/mol. The van der Waals surface area contributed by atoms with Crippen LogP contribution in [0.2, 0.25) is 10.0 Å². The van der Waals surface area contributed by atoms with Crippen molar-refractivity contribution in [3.8, 4) is 17.0 Å². The average molecular weight is 684 g/mol. The van der Waals surface area contributed by atoms with Gasteiger partial charge in [0.1, 0.15) is 30.1 Å². The predicted molar refractivity (Wildman–Crippen MR) is 176 cm³/mol. The minimum absolute atomic E-state index is 0.242. The molecule has 3 heterocycles. The Bertz CT molecular complexity index is 1570. The predicted octanol–water partition coefficient (Wildman–Crippen LogP) is 7.44. The molecule has 10 heteroatoms. The average Bonchev–Trinajstić information content (AvgIpc) is 3.45. The molecule has 224 valence electrons. The molecule has 1 aromatic heterocycles. The minimum Gasteiger partial charge on any atom is -0.491 e. The van der Waals surface area contributed by atoms with Crippen LogP contribution in [0.5, 0.6) is 5.75 Å². The smallest absolute Gasteiger partial charge is 0.206 e. The molecule has 0 amide bonds. The Balaban J connectivity index is 1.03. The molecule has 0 spiro atoms. The Labute approximate surface area is 270 Å². The molecule has 4 aromatic rings. The van der Waals surface area contributed by atoms with Crippen molar-refractivity contribution in [2.24, 2.45) is 0 Å². The van der Waals surface area contributed by atoms with Crippen LogP contribution in [0.25, 0.3) is 11.3 Å². The molecule has 6 rings (SSSR count). The van der Waals surface area contributed by atoms with Crippen molar-refractivity contribution in [1.82, 2.24) is 9.97 Å². The molecule has 2 aliphatic heterocycles. The number of hydrogen-bond acceptors (Lipinski definition) is 7. The molecule has 2 aliphatic rings. The Morgan fingerprint density at radius 3 is 2.33 bits per heavy atom. The summed E-state index contributed by atoms with van der Waals surface area (Å²) in [5, 5.41) is 1.50. The highest BCUT2D eigenvalue weighted by atomic mass is 79.9. The molecule has 0 aliphatic carbocycles. The number of rotatable bonds is 8. The SMILES string of the molecule is Cc1ccc(-c2cc(N3CCN(c4ccc(OCC5COC(CBr)(c6ccc(Cl)cc6Cl)O5)cc4)CC3)nc(C)n2)cc1. The lowest BCUT2D eigenvalue weighted by Gasteiger charge is -2.37. The first-order valence-electron chi connectivity index (χ1n) is 14.3. The van der Waals surface area contributed by atoms with Crippen molar-refractivity contribution in [2.75, 3.05) is 54.5 Å². The fourth-order valence-electron chi connectivity index (χ4n) is 5.45. The van der Waals surface area contributed by atoms with Gasteiger partial charge in [0.25, 0.3) is 0 Å². The Morgan fingerprint density at radius 2 is 1.63 bits per heavy atom. The van der Waals surface area contributed by atoms with Gasteiger partial charge in [0.2, 0.25) is 5.79 Å². The first-order chi connectivity index (χ1) is 20.8. The zero-order chi connectivity index (χ0) is 30.0. The maximum absolute atomic E-state index is 6.45. The standard InChI is InChI=1S/C33H33BrCl2N4O3/c1-22-3-5-24(6-4-22)31-18-32(38-23(2)37-31)40-15-13-39(14-16-40)26-8-10-27(11-9-26)41-19-28-20-42-33(21-34,43-28)29-12-7-25(35)17-30(29)36/h3-12,17-18,28H,13-16,19-21H2,1-2H3. The van der Waals surface area contributed by atoms with E-state index in [0.717, 1.165) is 60.4 Å². The maximum atomic E-state index is 6.45. The molecule has 2 atom stereocenters. The largest absolute Gasteiger partial charge is 0.491 e. The summed E-state index contributed by atoms with van der Waals surface area (Å²) in [4.78, 5) is 14.2. The summed E-state index contributed by atoms with van der Waals surface area (Å²) in [6.07, 6.45) is -0.242. The van der Waals surface area contributed by atoms with Crippen molar-refractivity contribution in [2.45, 2.75) is 25.7 Å². The highest BCUT2D eigenvalue weighted by molar-refractivity contribution is 9.09. The van der Waals surface area contributed by atoms with Crippen LogP contribution in [-0.4, -0.2) is 60.8 Å². The quantitative estimate of drug-likeness (QED) is 0.179. The first kappa shape index (κ1) is 30.2. The molecule has 3 aromatic carbocycles. The zero-order valence-corrected chi connectivity index (χ0v) is 27.2. The van der Waals surface area contributed by atoms with Crippen LogP contribution < -0.4 is 14.5 Å². The molecule has 0 saturated carbocycles. The summed E-state index contributed by atoms with van der Waals surface area (Å²) >= 11 is 16.1. The van der Waals surface area contributed by atoms with Crippen LogP contribution in [0.4, 0.5) is 11.5 Å². The number of ether oxygens (including phenoxy) is 3. The lowest BCUT2D eigenvalue weighted by Crippen LogP contribution is -2.46. The van der Waals surface area contributed by atoms with Gasteiger partial charge in [-0.15, -0.1) is 0 Å². The summed E-state index contributed by atoms with van der Waals surface area (Å²) in [6.45, 7) is 8.38. The molecule has 43 heavy (non-hydrogen) atoms. The number of nitrogens with zero attached hydrogens (tertiary/aromatic N) is 4. The van der Waals surface area contributed by atoms with Crippen molar-refractivity contribution >= 4 is 50.6 Å². The Kier molecular flexibility index (Phi) is 9.12. The van der Waals surface area contributed by atoms with Crippen molar-refractivity contribution in [3.63, 3.8) is 0 Å². The summed E-state index contributed by atoms with van der Waals surface area (Å²) in [5.74, 6) is 1.57. The number of aryl methyl sites for hydroxylation is 2. The minimum atomic E-state index is -0.978. The Hall–Kier alpha value is -2.88. The third-order valence-electron chi connectivity index (χ3n) is 7.79. The van der Waals surface area contributed by atoms with Gasteiger partial charge in [0.05, 0.1) is 22.7 Å². The highest BCUT2D eigenvalue weighted by Crippen LogP contribution is 2.40.